The average Bonchev–Trinajstić information content (AvgIpc) is 3.04. The maximum Gasteiger partial charge on any atom is 0.226 e. The van der Waals surface area contributed by atoms with Gasteiger partial charge in [0.05, 0.1) is 17.1 Å². The van der Waals surface area contributed by atoms with Crippen LogP contribution in [0.4, 0.5) is 0 Å². The van der Waals surface area contributed by atoms with Gasteiger partial charge < -0.3 is 10.3 Å². The molecule has 0 aliphatic carbocycles. The Bertz CT molecular complexity index is 549. The third kappa shape index (κ3) is 4.89. The molecule has 2 aromatic heterocycles. The number of nitrogens with zero attached hydrogens (tertiary/aromatic N) is 3. The Labute approximate surface area is 130 Å². The van der Waals surface area contributed by atoms with E-state index in [1.807, 2.05) is 12.3 Å². The predicted molar refractivity (Wildman–Crippen MR) is 84.3 cm³/mol. The summed E-state index contributed by atoms with van der Waals surface area (Å²) in [6.45, 7) is 7.22. The van der Waals surface area contributed by atoms with Crippen LogP contribution in [0.5, 0.6) is 0 Å². The van der Waals surface area contributed by atoms with Crippen molar-refractivity contribution in [1.29, 1.82) is 0 Å². The van der Waals surface area contributed by atoms with Crippen molar-refractivity contribution < 1.29 is 4.52 Å². The fourth-order valence-electron chi connectivity index (χ4n) is 2.45. The summed E-state index contributed by atoms with van der Waals surface area (Å²) in [6.07, 6.45) is 3.57. The molecule has 0 aromatic carbocycles. The summed E-state index contributed by atoms with van der Waals surface area (Å²) in [5.74, 6) is 2.69. The van der Waals surface area contributed by atoms with Gasteiger partial charge >= 0.3 is 0 Å². The van der Waals surface area contributed by atoms with Crippen LogP contribution in [0.25, 0.3) is 0 Å². The molecule has 6 heteroatoms. The Morgan fingerprint density at radius 2 is 2.10 bits per heavy atom. The molecule has 21 heavy (non-hydrogen) atoms. The van der Waals surface area contributed by atoms with Crippen molar-refractivity contribution in [1.82, 2.24) is 15.1 Å². The highest BCUT2D eigenvalue weighted by atomic mass is 32.1. The lowest BCUT2D eigenvalue weighted by Gasteiger charge is -2.18. The van der Waals surface area contributed by atoms with Crippen LogP contribution in [-0.2, 0) is 12.8 Å². The van der Waals surface area contributed by atoms with Crippen molar-refractivity contribution in [2.75, 3.05) is 6.54 Å². The van der Waals surface area contributed by atoms with E-state index in [1.54, 1.807) is 11.3 Å². The summed E-state index contributed by atoms with van der Waals surface area (Å²) in [4.78, 5) is 8.88. The highest BCUT2D eigenvalue weighted by Gasteiger charge is 2.15. The van der Waals surface area contributed by atoms with Crippen molar-refractivity contribution in [3.8, 4) is 0 Å². The van der Waals surface area contributed by atoms with E-state index in [9.17, 15) is 0 Å². The summed E-state index contributed by atoms with van der Waals surface area (Å²) in [6, 6.07) is 0. The Morgan fingerprint density at radius 3 is 2.71 bits per heavy atom. The number of thiazole rings is 1. The molecule has 0 saturated carbocycles. The summed E-state index contributed by atoms with van der Waals surface area (Å²) in [5.41, 5.74) is 6.68. The lowest BCUT2D eigenvalue weighted by Crippen LogP contribution is -2.15. The molecule has 0 aliphatic rings. The van der Waals surface area contributed by atoms with Crippen LogP contribution in [-0.4, -0.2) is 21.7 Å². The summed E-state index contributed by atoms with van der Waals surface area (Å²) >= 11 is 1.64. The smallest absolute Gasteiger partial charge is 0.226 e. The van der Waals surface area contributed by atoms with Gasteiger partial charge in [0.15, 0.2) is 5.82 Å². The van der Waals surface area contributed by atoms with Crippen LogP contribution >= 0.6 is 11.3 Å². The van der Waals surface area contributed by atoms with Gasteiger partial charge in [0.2, 0.25) is 5.89 Å². The van der Waals surface area contributed by atoms with Gasteiger partial charge in [-0.05, 0) is 38.1 Å². The first kappa shape index (κ1) is 16.1. The van der Waals surface area contributed by atoms with Gasteiger partial charge in [-0.3, -0.25) is 0 Å². The van der Waals surface area contributed by atoms with E-state index in [0.29, 0.717) is 18.3 Å². The molecule has 0 saturated heterocycles. The number of hydrogen-bond acceptors (Lipinski definition) is 6. The van der Waals surface area contributed by atoms with Crippen molar-refractivity contribution in [2.24, 2.45) is 17.6 Å². The SMILES string of the molecule is Cc1nc(Cc2noc(CCC(CCN)C(C)C)n2)cs1. The molecule has 2 rings (SSSR count). The van der Waals surface area contributed by atoms with Crippen LogP contribution in [0.15, 0.2) is 9.90 Å². The van der Waals surface area contributed by atoms with E-state index in [4.69, 9.17) is 10.3 Å². The second kappa shape index (κ2) is 7.66. The maximum absolute atomic E-state index is 5.67. The molecule has 0 amide bonds. The second-order valence-electron chi connectivity index (χ2n) is 5.76. The number of hydrogen-bond donors (Lipinski definition) is 1. The minimum Gasteiger partial charge on any atom is -0.339 e. The minimum absolute atomic E-state index is 0.617. The van der Waals surface area contributed by atoms with E-state index in [-0.39, 0.29) is 0 Å². The molecule has 116 valence electrons. The molecule has 1 unspecified atom stereocenters. The van der Waals surface area contributed by atoms with Gasteiger partial charge in [0, 0.05) is 11.8 Å². The van der Waals surface area contributed by atoms with E-state index < -0.39 is 0 Å². The molecule has 2 heterocycles. The van der Waals surface area contributed by atoms with Crippen molar-refractivity contribution in [3.05, 3.63) is 27.8 Å². The number of aryl methyl sites for hydroxylation is 2. The maximum atomic E-state index is 5.67. The molecule has 2 N–H and O–H groups in total. The largest absolute Gasteiger partial charge is 0.339 e. The molecule has 0 aliphatic heterocycles. The topological polar surface area (TPSA) is 77.8 Å². The van der Waals surface area contributed by atoms with E-state index in [1.165, 1.54) is 0 Å². The quantitative estimate of drug-likeness (QED) is 0.811. The first-order valence-electron chi connectivity index (χ1n) is 7.51. The highest BCUT2D eigenvalue weighted by molar-refractivity contribution is 7.09. The summed E-state index contributed by atoms with van der Waals surface area (Å²) in [7, 11) is 0. The molecule has 0 spiro atoms. The van der Waals surface area contributed by atoms with Gasteiger partial charge in [-0.1, -0.05) is 19.0 Å². The van der Waals surface area contributed by atoms with Crippen LogP contribution in [0.1, 0.15) is 49.1 Å². The minimum atomic E-state index is 0.617. The Kier molecular flexibility index (Phi) is 5.87. The van der Waals surface area contributed by atoms with Gasteiger partial charge in [-0.2, -0.15) is 4.98 Å². The van der Waals surface area contributed by atoms with Gasteiger partial charge in [0.25, 0.3) is 0 Å². The van der Waals surface area contributed by atoms with Gasteiger partial charge in [-0.15, -0.1) is 11.3 Å². The van der Waals surface area contributed by atoms with Crippen molar-refractivity contribution in [3.63, 3.8) is 0 Å². The zero-order chi connectivity index (χ0) is 15.2. The fourth-order valence-corrected chi connectivity index (χ4v) is 3.06. The third-order valence-corrected chi connectivity index (χ3v) is 4.55. The lowest BCUT2D eigenvalue weighted by molar-refractivity contribution is 0.313. The highest BCUT2D eigenvalue weighted by Crippen LogP contribution is 2.21. The van der Waals surface area contributed by atoms with Crippen LogP contribution in [0.3, 0.4) is 0 Å². The fraction of sp³-hybridized carbons (Fsp3) is 0.667. The lowest BCUT2D eigenvalue weighted by atomic mass is 9.88. The number of aromatic nitrogens is 3. The second-order valence-corrected chi connectivity index (χ2v) is 6.82. The molecular weight excluding hydrogens is 284 g/mol. The van der Waals surface area contributed by atoms with Crippen LogP contribution in [0.2, 0.25) is 0 Å². The molecule has 2 aromatic rings. The molecule has 1 atom stereocenters. The van der Waals surface area contributed by atoms with E-state index in [0.717, 1.165) is 48.2 Å². The zero-order valence-electron chi connectivity index (χ0n) is 13.0. The Balaban J connectivity index is 1.87. The van der Waals surface area contributed by atoms with Gasteiger partial charge in [-0.25, -0.2) is 4.98 Å². The predicted octanol–water partition coefficient (Wildman–Crippen LogP) is 2.98. The molecule has 5 nitrogen and oxygen atoms in total. The summed E-state index contributed by atoms with van der Waals surface area (Å²) in [5, 5.41) is 7.15. The van der Waals surface area contributed by atoms with E-state index >= 15 is 0 Å². The Hall–Kier alpha value is -1.27. The van der Waals surface area contributed by atoms with Gasteiger partial charge in [0.1, 0.15) is 0 Å². The standard InChI is InChI=1S/C15H24N4OS/c1-10(2)12(6-7-16)4-5-15-18-14(19-20-15)8-13-9-21-11(3)17-13/h9-10,12H,4-8,16H2,1-3H3. The molecule has 0 fully saturated rings. The van der Waals surface area contributed by atoms with Crippen LogP contribution in [0, 0.1) is 18.8 Å². The first-order valence-corrected chi connectivity index (χ1v) is 8.39. The Morgan fingerprint density at radius 1 is 1.29 bits per heavy atom. The van der Waals surface area contributed by atoms with Crippen molar-refractivity contribution >= 4 is 11.3 Å². The zero-order valence-corrected chi connectivity index (χ0v) is 13.8. The summed E-state index contributed by atoms with van der Waals surface area (Å²) < 4.78 is 5.34. The normalized spacial score (nSPS) is 13.0. The van der Waals surface area contributed by atoms with Crippen molar-refractivity contribution in [2.45, 2.75) is 46.5 Å². The monoisotopic (exact) mass is 308 g/mol. The molecule has 0 bridgehead atoms. The molecular formula is C15H24N4OS. The first-order chi connectivity index (χ1) is 10.1. The average molecular weight is 308 g/mol. The van der Waals surface area contributed by atoms with Crippen LogP contribution < -0.4 is 5.73 Å². The van der Waals surface area contributed by atoms with E-state index in [2.05, 4.69) is 29.0 Å². The third-order valence-electron chi connectivity index (χ3n) is 3.73. The molecule has 0 radical (unpaired) electrons. The number of nitrogens with two attached hydrogens (primary N) is 1. The number of rotatable bonds is 8.